The molecule has 1 aromatic heterocycles. The van der Waals surface area contributed by atoms with Crippen LogP contribution >= 0.6 is 0 Å². The zero-order valence-electron chi connectivity index (χ0n) is 10.6. The summed E-state index contributed by atoms with van der Waals surface area (Å²) < 4.78 is 0. The van der Waals surface area contributed by atoms with Gasteiger partial charge < -0.3 is 10.6 Å². The van der Waals surface area contributed by atoms with Gasteiger partial charge in [-0.1, -0.05) is 25.8 Å². The van der Waals surface area contributed by atoms with Crippen LogP contribution in [-0.2, 0) is 0 Å². The van der Waals surface area contributed by atoms with E-state index in [1.807, 2.05) is 19.2 Å². The molecular weight excluding hydrogens is 198 g/mol. The zero-order valence-corrected chi connectivity index (χ0v) is 10.6. The average molecular weight is 221 g/mol. The summed E-state index contributed by atoms with van der Waals surface area (Å²) in [6.45, 7) is 5.26. The highest BCUT2D eigenvalue weighted by Gasteiger charge is 2.03. The van der Waals surface area contributed by atoms with Gasteiger partial charge in [0.15, 0.2) is 0 Å². The van der Waals surface area contributed by atoms with Crippen LogP contribution in [0.5, 0.6) is 0 Å². The Morgan fingerprint density at radius 3 is 2.62 bits per heavy atom. The van der Waals surface area contributed by atoms with Crippen LogP contribution in [0.15, 0.2) is 18.3 Å². The van der Waals surface area contributed by atoms with Crippen molar-refractivity contribution < 1.29 is 0 Å². The number of nitrogens with two attached hydrogens (primary N) is 1. The van der Waals surface area contributed by atoms with Gasteiger partial charge in [-0.3, -0.25) is 0 Å². The van der Waals surface area contributed by atoms with Crippen molar-refractivity contribution >= 4 is 5.82 Å². The molecule has 16 heavy (non-hydrogen) atoms. The molecule has 0 aliphatic rings. The molecule has 2 N–H and O–H groups in total. The van der Waals surface area contributed by atoms with Crippen molar-refractivity contribution in [2.24, 2.45) is 5.73 Å². The summed E-state index contributed by atoms with van der Waals surface area (Å²) in [5.74, 6) is 1.03. The Morgan fingerprint density at radius 1 is 1.38 bits per heavy atom. The Bertz CT molecular complexity index is 293. The summed E-state index contributed by atoms with van der Waals surface area (Å²) in [5, 5.41) is 0. The molecule has 0 aliphatic carbocycles. The first-order valence-electron chi connectivity index (χ1n) is 6.07. The van der Waals surface area contributed by atoms with Crippen LogP contribution in [0.3, 0.4) is 0 Å². The summed E-state index contributed by atoms with van der Waals surface area (Å²) in [5.41, 5.74) is 6.87. The van der Waals surface area contributed by atoms with Gasteiger partial charge in [-0.25, -0.2) is 4.98 Å². The number of hydrogen-bond acceptors (Lipinski definition) is 3. The van der Waals surface area contributed by atoms with Gasteiger partial charge in [-0.05, 0) is 25.0 Å². The number of nitrogens with zero attached hydrogens (tertiary/aromatic N) is 2. The molecule has 1 aromatic rings. The highest BCUT2D eigenvalue weighted by molar-refractivity contribution is 5.38. The lowest BCUT2D eigenvalue weighted by Crippen LogP contribution is -2.19. The molecule has 0 radical (unpaired) electrons. The first-order valence-corrected chi connectivity index (χ1v) is 6.07. The standard InChI is InChI=1S/C13H23N3/c1-4-5-6-9-16(3)13-8-7-12(10-15-13)11(2)14/h7-8,10-11H,4-6,9,14H2,1-3H3. The molecule has 1 rings (SSSR count). The van der Waals surface area contributed by atoms with Crippen LogP contribution in [0, 0.1) is 0 Å². The topological polar surface area (TPSA) is 42.1 Å². The fraction of sp³-hybridized carbons (Fsp3) is 0.615. The van der Waals surface area contributed by atoms with E-state index in [1.54, 1.807) is 0 Å². The van der Waals surface area contributed by atoms with Gasteiger partial charge >= 0.3 is 0 Å². The smallest absolute Gasteiger partial charge is 0.128 e. The fourth-order valence-corrected chi connectivity index (χ4v) is 1.61. The largest absolute Gasteiger partial charge is 0.360 e. The third-order valence-corrected chi connectivity index (χ3v) is 2.78. The summed E-state index contributed by atoms with van der Waals surface area (Å²) in [6, 6.07) is 4.17. The second-order valence-corrected chi connectivity index (χ2v) is 4.37. The minimum absolute atomic E-state index is 0.0620. The lowest BCUT2D eigenvalue weighted by molar-refractivity contribution is 0.700. The Hall–Kier alpha value is -1.09. The molecule has 0 bridgehead atoms. The molecule has 1 unspecified atom stereocenters. The van der Waals surface area contributed by atoms with Gasteiger partial charge in [0.25, 0.3) is 0 Å². The van der Waals surface area contributed by atoms with Crippen molar-refractivity contribution in [1.29, 1.82) is 0 Å². The van der Waals surface area contributed by atoms with Gasteiger partial charge in [0, 0.05) is 25.8 Å². The van der Waals surface area contributed by atoms with Gasteiger partial charge in [0.1, 0.15) is 5.82 Å². The second kappa shape index (κ2) is 6.48. The summed E-state index contributed by atoms with van der Waals surface area (Å²) in [4.78, 5) is 6.62. The van der Waals surface area contributed by atoms with Crippen molar-refractivity contribution in [3.63, 3.8) is 0 Å². The summed E-state index contributed by atoms with van der Waals surface area (Å²) in [6.07, 6.45) is 5.63. The number of unbranched alkanes of at least 4 members (excludes halogenated alkanes) is 2. The van der Waals surface area contributed by atoms with E-state index in [9.17, 15) is 0 Å². The average Bonchev–Trinajstić information content (AvgIpc) is 2.29. The fourth-order valence-electron chi connectivity index (χ4n) is 1.61. The maximum atomic E-state index is 5.78. The van der Waals surface area contributed by atoms with E-state index < -0.39 is 0 Å². The minimum atomic E-state index is 0.0620. The Morgan fingerprint density at radius 2 is 2.12 bits per heavy atom. The van der Waals surface area contributed by atoms with E-state index in [0.29, 0.717) is 0 Å². The summed E-state index contributed by atoms with van der Waals surface area (Å²) in [7, 11) is 2.09. The summed E-state index contributed by atoms with van der Waals surface area (Å²) >= 11 is 0. The first-order chi connectivity index (χ1) is 7.65. The van der Waals surface area contributed by atoms with Crippen molar-refractivity contribution in [2.45, 2.75) is 39.2 Å². The van der Waals surface area contributed by atoms with Gasteiger partial charge in [-0.2, -0.15) is 0 Å². The molecule has 1 atom stereocenters. The number of aromatic nitrogens is 1. The maximum absolute atomic E-state index is 5.78. The molecule has 90 valence electrons. The van der Waals surface area contributed by atoms with E-state index in [0.717, 1.165) is 17.9 Å². The molecule has 0 spiro atoms. The Balaban J connectivity index is 2.52. The van der Waals surface area contributed by atoms with E-state index in [1.165, 1.54) is 19.3 Å². The molecule has 0 amide bonds. The van der Waals surface area contributed by atoms with Crippen LogP contribution < -0.4 is 10.6 Å². The third-order valence-electron chi connectivity index (χ3n) is 2.78. The van der Waals surface area contributed by atoms with Crippen molar-refractivity contribution in [1.82, 2.24) is 4.98 Å². The Kier molecular flexibility index (Phi) is 5.26. The number of rotatable bonds is 6. The highest BCUT2D eigenvalue weighted by atomic mass is 15.2. The molecule has 0 aliphatic heterocycles. The van der Waals surface area contributed by atoms with Gasteiger partial charge in [-0.15, -0.1) is 0 Å². The molecule has 0 aromatic carbocycles. The second-order valence-electron chi connectivity index (χ2n) is 4.37. The quantitative estimate of drug-likeness (QED) is 0.751. The van der Waals surface area contributed by atoms with E-state index >= 15 is 0 Å². The number of pyridine rings is 1. The molecule has 1 heterocycles. The van der Waals surface area contributed by atoms with Crippen LogP contribution in [-0.4, -0.2) is 18.6 Å². The van der Waals surface area contributed by atoms with Crippen LogP contribution in [0.4, 0.5) is 5.82 Å². The highest BCUT2D eigenvalue weighted by Crippen LogP contribution is 2.14. The lowest BCUT2D eigenvalue weighted by atomic mass is 10.1. The van der Waals surface area contributed by atoms with Crippen LogP contribution in [0.1, 0.15) is 44.7 Å². The molecule has 0 saturated heterocycles. The SMILES string of the molecule is CCCCCN(C)c1ccc(C(C)N)cn1. The molecule has 3 nitrogen and oxygen atoms in total. The lowest BCUT2D eigenvalue weighted by Gasteiger charge is -2.18. The van der Waals surface area contributed by atoms with E-state index in [4.69, 9.17) is 5.73 Å². The van der Waals surface area contributed by atoms with Gasteiger partial charge in [0.2, 0.25) is 0 Å². The van der Waals surface area contributed by atoms with E-state index in [-0.39, 0.29) is 6.04 Å². The zero-order chi connectivity index (χ0) is 12.0. The maximum Gasteiger partial charge on any atom is 0.128 e. The first kappa shape index (κ1) is 13.0. The van der Waals surface area contributed by atoms with Crippen molar-refractivity contribution in [3.05, 3.63) is 23.9 Å². The predicted octanol–water partition coefficient (Wildman–Crippen LogP) is 2.73. The molecule has 0 fully saturated rings. The molecular formula is C13H23N3. The normalized spacial score (nSPS) is 12.5. The van der Waals surface area contributed by atoms with Crippen LogP contribution in [0.25, 0.3) is 0 Å². The van der Waals surface area contributed by atoms with Crippen LogP contribution in [0.2, 0.25) is 0 Å². The monoisotopic (exact) mass is 221 g/mol. The molecule has 3 heteroatoms. The van der Waals surface area contributed by atoms with Crippen molar-refractivity contribution in [3.8, 4) is 0 Å². The minimum Gasteiger partial charge on any atom is -0.360 e. The number of anilines is 1. The number of hydrogen-bond donors (Lipinski definition) is 1. The predicted molar refractivity (Wildman–Crippen MR) is 69.6 cm³/mol. The third kappa shape index (κ3) is 3.81. The van der Waals surface area contributed by atoms with Gasteiger partial charge in [0.05, 0.1) is 0 Å². The molecule has 0 saturated carbocycles. The van der Waals surface area contributed by atoms with Crippen molar-refractivity contribution in [2.75, 3.05) is 18.5 Å². The Labute approximate surface area is 98.7 Å². The van der Waals surface area contributed by atoms with E-state index in [2.05, 4.69) is 29.9 Å².